The van der Waals surface area contributed by atoms with Gasteiger partial charge in [-0.3, -0.25) is 19.2 Å². The molecular formula is C55H65N9O6S2. The van der Waals surface area contributed by atoms with E-state index < -0.39 is 35.4 Å². The number of carbonyl (C=O) groups excluding carboxylic acids is 4. The van der Waals surface area contributed by atoms with E-state index in [-0.39, 0.29) is 50.2 Å². The molecule has 0 unspecified atom stereocenters. The summed E-state index contributed by atoms with van der Waals surface area (Å²) < 4.78 is 5.91. The number of hydrogen-bond donors (Lipinski definition) is 5. The first-order chi connectivity index (χ1) is 34.5. The highest BCUT2D eigenvalue weighted by molar-refractivity contribution is 7.13. The fourth-order valence-corrected chi connectivity index (χ4v) is 11.2. The number of likely N-dealkylation sites (tertiary alicyclic amines) is 1. The predicted molar refractivity (Wildman–Crippen MR) is 285 cm³/mol. The number of rotatable bonds is 17. The molecule has 0 aliphatic carbocycles. The number of thiazole rings is 1. The first kappa shape index (κ1) is 51.8. The van der Waals surface area contributed by atoms with Crippen molar-refractivity contribution in [1.29, 1.82) is 0 Å². The fraction of sp³-hybridized carbons (Fsp3) is 0.400. The summed E-state index contributed by atoms with van der Waals surface area (Å²) in [6.07, 6.45) is 1.61. The SMILES string of the molecule is CNCc1ccccc1-c1csc([C@@H](C)Nc2nc(C)nc3cc(OC)c(C4=CCN(C(=O)CCC(=O)N[C@H](C(=O)N5C[C@H](O)C[C@H]5C(=O)NCc5ccc(-c6scnc6C)cc5)C(C)(C)C)CC4)cc23)c1. The molecule has 2 aliphatic heterocycles. The number of methoxy groups -OCH3 is 1. The number of hydrogen-bond acceptors (Lipinski definition) is 13. The van der Waals surface area contributed by atoms with Crippen LogP contribution in [0.4, 0.5) is 5.82 Å². The number of thiophene rings is 1. The molecule has 72 heavy (non-hydrogen) atoms. The highest BCUT2D eigenvalue weighted by atomic mass is 32.1. The number of anilines is 1. The minimum Gasteiger partial charge on any atom is -0.496 e. The molecule has 378 valence electrons. The van der Waals surface area contributed by atoms with Crippen molar-refractivity contribution in [2.45, 2.75) is 105 Å². The number of benzene rings is 3. The van der Waals surface area contributed by atoms with Gasteiger partial charge in [-0.2, -0.15) is 0 Å². The summed E-state index contributed by atoms with van der Waals surface area (Å²) in [5.41, 5.74) is 10.3. The van der Waals surface area contributed by atoms with Crippen LogP contribution in [0.25, 0.3) is 38.0 Å². The first-order valence-electron chi connectivity index (χ1n) is 24.5. The van der Waals surface area contributed by atoms with Crippen molar-refractivity contribution >= 4 is 68.6 Å². The third kappa shape index (κ3) is 11.9. The Hall–Kier alpha value is -6.53. The average Bonchev–Trinajstić information content (AvgIpc) is 4.14. The van der Waals surface area contributed by atoms with Crippen molar-refractivity contribution < 1.29 is 29.0 Å². The maximum Gasteiger partial charge on any atom is 0.246 e. The number of aryl methyl sites for hydroxylation is 2. The van der Waals surface area contributed by atoms with Gasteiger partial charge in [-0.1, -0.05) is 75.4 Å². The Balaban J connectivity index is 0.877. The fourth-order valence-electron chi connectivity index (χ4n) is 9.48. The zero-order valence-corrected chi connectivity index (χ0v) is 43.9. The van der Waals surface area contributed by atoms with E-state index in [2.05, 4.69) is 75.0 Å². The van der Waals surface area contributed by atoms with Crippen molar-refractivity contribution in [1.82, 2.24) is 40.7 Å². The van der Waals surface area contributed by atoms with E-state index in [9.17, 15) is 24.3 Å². The number of fused-ring (bicyclic) bond motifs is 1. The number of aliphatic hydroxyl groups is 1. The molecule has 0 radical (unpaired) electrons. The summed E-state index contributed by atoms with van der Waals surface area (Å²) >= 11 is 3.28. The monoisotopic (exact) mass is 1010 g/mol. The van der Waals surface area contributed by atoms with Crippen LogP contribution in [0.15, 0.2) is 83.7 Å². The van der Waals surface area contributed by atoms with E-state index in [0.717, 1.165) is 56.1 Å². The van der Waals surface area contributed by atoms with Crippen molar-refractivity contribution in [2.75, 3.05) is 39.1 Å². The quantitative estimate of drug-likeness (QED) is 0.0592. The van der Waals surface area contributed by atoms with E-state index in [1.165, 1.54) is 26.5 Å². The van der Waals surface area contributed by atoms with Gasteiger partial charge < -0.3 is 40.9 Å². The lowest BCUT2D eigenvalue weighted by molar-refractivity contribution is -0.144. The van der Waals surface area contributed by atoms with Crippen molar-refractivity contribution in [3.8, 4) is 27.3 Å². The van der Waals surface area contributed by atoms with Gasteiger partial charge in [0.2, 0.25) is 23.6 Å². The van der Waals surface area contributed by atoms with E-state index in [1.807, 2.05) is 83.6 Å². The number of carbonyl (C=O) groups is 4. The van der Waals surface area contributed by atoms with Gasteiger partial charge in [-0.05, 0) is 90.6 Å². The number of ether oxygens (including phenoxy) is 1. The Morgan fingerprint density at radius 3 is 2.42 bits per heavy atom. The Morgan fingerprint density at radius 2 is 1.72 bits per heavy atom. The van der Waals surface area contributed by atoms with Crippen LogP contribution in [-0.2, 0) is 32.3 Å². The molecule has 2 aliphatic rings. The zero-order chi connectivity index (χ0) is 51.3. The first-order valence-corrected chi connectivity index (χ1v) is 26.2. The molecule has 8 rings (SSSR count). The minimum absolute atomic E-state index is 0.0364. The Labute approximate surface area is 429 Å². The molecule has 1 saturated heterocycles. The van der Waals surface area contributed by atoms with Gasteiger partial charge in [0, 0.05) is 73.9 Å². The molecule has 4 amide bonds. The highest BCUT2D eigenvalue weighted by Gasteiger charge is 2.44. The van der Waals surface area contributed by atoms with Crippen molar-refractivity contribution in [2.24, 2.45) is 5.41 Å². The smallest absolute Gasteiger partial charge is 0.246 e. The standard InChI is InChI=1S/C55H65N9O6S2/c1-32(47-23-39(30-71-47)41-12-10-9-11-38(41)28-56-7)59-52-43-25-42(46(70-8)26-44(43)60-34(3)61-52)36-19-21-63(22-20-36)49(67)18-17-48(66)62-51(55(4,5)6)54(69)64-29-40(65)24-45(64)53(68)57-27-35-13-15-37(16-14-35)50-33(2)58-31-72-50/h9-16,19,23,25-26,30-32,40,45,51,56,65H,17-18,20-22,24,27-29H2,1-8H3,(H,57,68)(H,62,66)(H,59,60,61)/t32-,40-,45+,51-/m1/s1. The predicted octanol–water partition coefficient (Wildman–Crippen LogP) is 8.20. The van der Waals surface area contributed by atoms with Gasteiger partial charge in [0.05, 0.1) is 40.9 Å². The second-order valence-corrected chi connectivity index (χ2v) is 21.5. The molecule has 6 aromatic rings. The van der Waals surface area contributed by atoms with E-state index >= 15 is 0 Å². The molecule has 0 spiro atoms. The molecule has 4 atom stereocenters. The number of amides is 4. The van der Waals surface area contributed by atoms with Crippen LogP contribution in [0, 0.1) is 19.3 Å². The number of β-amino-alcohol motifs (C(OH)–C–C–N with tert-alkyl or cyclic N) is 1. The van der Waals surface area contributed by atoms with Gasteiger partial charge in [-0.15, -0.1) is 22.7 Å². The molecule has 0 bridgehead atoms. The molecule has 0 saturated carbocycles. The van der Waals surface area contributed by atoms with Crippen LogP contribution in [0.3, 0.4) is 0 Å². The third-order valence-electron chi connectivity index (χ3n) is 13.4. The Kier molecular flexibility index (Phi) is 16.2. The van der Waals surface area contributed by atoms with Crippen LogP contribution >= 0.6 is 22.7 Å². The van der Waals surface area contributed by atoms with Gasteiger partial charge >= 0.3 is 0 Å². The molecule has 1 fully saturated rings. The molecular weight excluding hydrogens is 947 g/mol. The van der Waals surface area contributed by atoms with Crippen LogP contribution in [0.2, 0.25) is 0 Å². The summed E-state index contributed by atoms with van der Waals surface area (Å²) in [4.78, 5) is 74.3. The number of nitrogens with one attached hydrogen (secondary N) is 4. The summed E-state index contributed by atoms with van der Waals surface area (Å²) in [6, 6.07) is 20.6. The summed E-state index contributed by atoms with van der Waals surface area (Å²) in [6.45, 7) is 13.3. The van der Waals surface area contributed by atoms with Crippen LogP contribution < -0.4 is 26.0 Å². The second-order valence-electron chi connectivity index (χ2n) is 19.7. The minimum atomic E-state index is -1.01. The average molecular weight is 1010 g/mol. The lowest BCUT2D eigenvalue weighted by Gasteiger charge is -2.35. The Morgan fingerprint density at radius 1 is 0.944 bits per heavy atom. The second kappa shape index (κ2) is 22.5. The van der Waals surface area contributed by atoms with E-state index in [0.29, 0.717) is 31.1 Å². The van der Waals surface area contributed by atoms with Gasteiger partial charge in [0.15, 0.2) is 0 Å². The third-order valence-corrected chi connectivity index (χ3v) is 15.5. The summed E-state index contributed by atoms with van der Waals surface area (Å²) in [7, 11) is 3.60. The number of nitrogens with zero attached hydrogens (tertiary/aromatic N) is 5. The summed E-state index contributed by atoms with van der Waals surface area (Å²) in [5, 5.41) is 26.5. The molecule has 15 nitrogen and oxygen atoms in total. The Bertz CT molecular complexity index is 2980. The summed E-state index contributed by atoms with van der Waals surface area (Å²) in [5.74, 6) is 0.565. The van der Waals surface area contributed by atoms with E-state index in [1.54, 1.807) is 34.7 Å². The molecule has 5 heterocycles. The van der Waals surface area contributed by atoms with Gasteiger partial charge in [0.1, 0.15) is 29.5 Å². The van der Waals surface area contributed by atoms with Gasteiger partial charge in [-0.25, -0.2) is 15.0 Å². The van der Waals surface area contributed by atoms with Crippen LogP contribution in [0.1, 0.15) is 92.5 Å². The van der Waals surface area contributed by atoms with Gasteiger partial charge in [0.25, 0.3) is 0 Å². The van der Waals surface area contributed by atoms with Crippen molar-refractivity contribution in [3.63, 3.8) is 0 Å². The zero-order valence-electron chi connectivity index (χ0n) is 42.3. The number of aromatic nitrogens is 3. The maximum absolute atomic E-state index is 14.2. The normalized spacial score (nSPS) is 16.8. The maximum atomic E-state index is 14.2. The highest BCUT2D eigenvalue weighted by Crippen LogP contribution is 2.38. The molecule has 3 aromatic carbocycles. The molecule has 17 heteroatoms. The molecule has 5 N–H and O–H groups in total. The number of aliphatic hydroxyl groups excluding tert-OH is 1. The lowest BCUT2D eigenvalue weighted by atomic mass is 9.85. The van der Waals surface area contributed by atoms with Crippen LogP contribution in [0.5, 0.6) is 5.75 Å². The molecule has 3 aromatic heterocycles. The van der Waals surface area contributed by atoms with Crippen LogP contribution in [-0.4, -0.2) is 105 Å². The largest absolute Gasteiger partial charge is 0.496 e. The topological polar surface area (TPSA) is 191 Å². The van der Waals surface area contributed by atoms with Crippen molar-refractivity contribution in [3.05, 3.63) is 117 Å². The lowest BCUT2D eigenvalue weighted by Crippen LogP contribution is -2.57. The van der Waals surface area contributed by atoms with E-state index in [4.69, 9.17) is 14.7 Å².